The lowest BCUT2D eigenvalue weighted by Gasteiger charge is -2.09. The minimum absolute atomic E-state index is 0.329. The van der Waals surface area contributed by atoms with Crippen LogP contribution in [0.3, 0.4) is 0 Å². The van der Waals surface area contributed by atoms with Gasteiger partial charge >= 0.3 is 0 Å². The Labute approximate surface area is 131 Å². The smallest absolute Gasteiger partial charge is 0.205 e. The number of anilines is 1. The van der Waals surface area contributed by atoms with Crippen LogP contribution in [0.4, 0.5) is 10.3 Å². The van der Waals surface area contributed by atoms with Crippen molar-refractivity contribution in [3.05, 3.63) is 50.7 Å². The number of imidazole rings is 1. The molecule has 0 amide bonds. The quantitative estimate of drug-likeness (QED) is 0.651. The van der Waals surface area contributed by atoms with Crippen molar-refractivity contribution in [2.75, 3.05) is 5.73 Å². The van der Waals surface area contributed by atoms with Crippen LogP contribution < -0.4 is 5.73 Å². The van der Waals surface area contributed by atoms with Crippen molar-refractivity contribution in [2.45, 2.75) is 6.92 Å². The molecule has 1 heterocycles. The van der Waals surface area contributed by atoms with Crippen molar-refractivity contribution >= 4 is 48.8 Å². The van der Waals surface area contributed by atoms with E-state index in [0.29, 0.717) is 15.9 Å². The summed E-state index contributed by atoms with van der Waals surface area (Å²) in [5.74, 6) is -0.0254. The molecule has 0 aliphatic carbocycles. The number of aryl methyl sites for hydroxylation is 1. The topological polar surface area (TPSA) is 43.8 Å². The van der Waals surface area contributed by atoms with Crippen molar-refractivity contribution < 1.29 is 4.39 Å². The zero-order valence-corrected chi connectivity index (χ0v) is 13.7. The summed E-state index contributed by atoms with van der Waals surface area (Å²) in [7, 11) is 0. The van der Waals surface area contributed by atoms with E-state index in [1.807, 2.05) is 25.1 Å². The van der Waals surface area contributed by atoms with E-state index in [4.69, 9.17) is 5.73 Å². The fourth-order valence-corrected chi connectivity index (χ4v) is 3.14. The SMILES string of the molecule is Cc1cc(Br)cc(-n2c(N)nc3cc(F)c(Br)cc32)c1. The highest BCUT2D eigenvalue weighted by Gasteiger charge is 2.13. The molecule has 0 fully saturated rings. The van der Waals surface area contributed by atoms with Crippen LogP contribution in [0.15, 0.2) is 39.3 Å². The van der Waals surface area contributed by atoms with E-state index in [1.54, 1.807) is 10.6 Å². The summed E-state index contributed by atoms with van der Waals surface area (Å²) in [5, 5.41) is 0. The van der Waals surface area contributed by atoms with Gasteiger partial charge < -0.3 is 5.73 Å². The summed E-state index contributed by atoms with van der Waals surface area (Å²) in [6.45, 7) is 2.00. The fraction of sp³-hybridized carbons (Fsp3) is 0.0714. The van der Waals surface area contributed by atoms with Crippen molar-refractivity contribution in [3.8, 4) is 5.69 Å². The third kappa shape index (κ3) is 2.23. The Hall–Kier alpha value is -1.40. The second-order valence-corrected chi connectivity index (χ2v) is 6.32. The lowest BCUT2D eigenvalue weighted by Crippen LogP contribution is -2.01. The highest BCUT2D eigenvalue weighted by atomic mass is 79.9. The van der Waals surface area contributed by atoms with Crippen LogP contribution >= 0.6 is 31.9 Å². The van der Waals surface area contributed by atoms with Gasteiger partial charge in [-0.05, 0) is 52.7 Å². The van der Waals surface area contributed by atoms with E-state index >= 15 is 0 Å². The number of aromatic nitrogens is 2. The molecule has 3 nitrogen and oxygen atoms in total. The Bertz CT molecular complexity index is 807. The Morgan fingerprint density at radius 1 is 1.15 bits per heavy atom. The third-order valence-electron chi connectivity index (χ3n) is 3.01. The first kappa shape index (κ1) is 13.6. The summed E-state index contributed by atoms with van der Waals surface area (Å²) in [4.78, 5) is 4.22. The molecule has 3 aromatic rings. The molecule has 2 N–H and O–H groups in total. The fourth-order valence-electron chi connectivity index (χ4n) is 2.21. The standard InChI is InChI=1S/C14H10Br2FN3/c1-7-2-8(15)4-9(3-7)20-13-5-10(16)11(17)6-12(13)19-14(20)18/h2-6H,1H3,(H2,18,19). The predicted molar refractivity (Wildman–Crippen MR) is 85.6 cm³/mol. The molecule has 0 spiro atoms. The molecule has 0 aliphatic rings. The summed E-state index contributed by atoms with van der Waals surface area (Å²) in [6.07, 6.45) is 0. The normalized spacial score (nSPS) is 11.2. The second kappa shape index (κ2) is 4.86. The number of halogens is 3. The summed E-state index contributed by atoms with van der Waals surface area (Å²) >= 11 is 6.66. The van der Waals surface area contributed by atoms with E-state index < -0.39 is 0 Å². The second-order valence-electron chi connectivity index (χ2n) is 4.55. The molecular formula is C14H10Br2FN3. The maximum atomic E-state index is 13.6. The Morgan fingerprint density at radius 2 is 1.90 bits per heavy atom. The Balaban J connectivity index is 2.35. The van der Waals surface area contributed by atoms with E-state index in [1.165, 1.54) is 6.07 Å². The number of rotatable bonds is 1. The van der Waals surface area contributed by atoms with Gasteiger partial charge in [-0.25, -0.2) is 9.37 Å². The summed E-state index contributed by atoms with van der Waals surface area (Å²) in [6, 6.07) is 9.01. The van der Waals surface area contributed by atoms with Crippen LogP contribution in [0, 0.1) is 12.7 Å². The largest absolute Gasteiger partial charge is 0.369 e. The first-order valence-corrected chi connectivity index (χ1v) is 7.45. The van der Waals surface area contributed by atoms with Crippen LogP contribution in [-0.2, 0) is 0 Å². The highest BCUT2D eigenvalue weighted by Crippen LogP contribution is 2.29. The number of nitrogens with two attached hydrogens (primary N) is 1. The molecule has 6 heteroatoms. The molecule has 0 aliphatic heterocycles. The molecular weight excluding hydrogens is 389 g/mol. The van der Waals surface area contributed by atoms with Gasteiger partial charge in [0.15, 0.2) is 0 Å². The van der Waals surface area contributed by atoms with Crippen LogP contribution in [-0.4, -0.2) is 9.55 Å². The zero-order chi connectivity index (χ0) is 14.4. The van der Waals surface area contributed by atoms with Crippen LogP contribution in [0.25, 0.3) is 16.7 Å². The average Bonchev–Trinajstić information content (AvgIpc) is 2.64. The minimum atomic E-state index is -0.354. The van der Waals surface area contributed by atoms with Gasteiger partial charge in [-0.1, -0.05) is 15.9 Å². The van der Waals surface area contributed by atoms with Crippen molar-refractivity contribution in [2.24, 2.45) is 0 Å². The van der Waals surface area contributed by atoms with Crippen LogP contribution in [0.1, 0.15) is 5.56 Å². The Morgan fingerprint density at radius 3 is 2.60 bits per heavy atom. The summed E-state index contributed by atoms with van der Waals surface area (Å²) < 4.78 is 16.7. The van der Waals surface area contributed by atoms with E-state index in [-0.39, 0.29) is 5.82 Å². The van der Waals surface area contributed by atoms with Gasteiger partial charge in [0.25, 0.3) is 0 Å². The Kier molecular flexibility index (Phi) is 3.30. The van der Waals surface area contributed by atoms with Gasteiger partial charge in [0.05, 0.1) is 21.2 Å². The van der Waals surface area contributed by atoms with Crippen molar-refractivity contribution in [1.29, 1.82) is 0 Å². The van der Waals surface area contributed by atoms with E-state index in [2.05, 4.69) is 36.8 Å². The molecule has 3 rings (SSSR count). The number of benzene rings is 2. The number of hydrogen-bond donors (Lipinski definition) is 1. The first-order valence-electron chi connectivity index (χ1n) is 5.86. The van der Waals surface area contributed by atoms with Gasteiger partial charge in [-0.3, -0.25) is 4.57 Å². The molecule has 0 saturated heterocycles. The molecule has 0 radical (unpaired) electrons. The molecule has 2 aromatic carbocycles. The minimum Gasteiger partial charge on any atom is -0.369 e. The molecule has 20 heavy (non-hydrogen) atoms. The monoisotopic (exact) mass is 397 g/mol. The van der Waals surface area contributed by atoms with Gasteiger partial charge in [0, 0.05) is 10.5 Å². The van der Waals surface area contributed by atoms with E-state index in [9.17, 15) is 4.39 Å². The molecule has 0 saturated carbocycles. The first-order chi connectivity index (χ1) is 9.45. The predicted octanol–water partition coefficient (Wildman–Crippen LogP) is 4.58. The van der Waals surface area contributed by atoms with Gasteiger partial charge in [0.1, 0.15) is 5.82 Å². The van der Waals surface area contributed by atoms with Crippen molar-refractivity contribution in [3.63, 3.8) is 0 Å². The zero-order valence-electron chi connectivity index (χ0n) is 10.5. The highest BCUT2D eigenvalue weighted by molar-refractivity contribution is 9.10. The van der Waals surface area contributed by atoms with Crippen LogP contribution in [0.2, 0.25) is 0 Å². The molecule has 102 valence electrons. The average molecular weight is 399 g/mol. The number of nitrogen functional groups attached to an aromatic ring is 1. The summed E-state index contributed by atoms with van der Waals surface area (Å²) in [5.41, 5.74) is 9.25. The molecule has 0 unspecified atom stereocenters. The van der Waals surface area contributed by atoms with Gasteiger partial charge in [-0.15, -0.1) is 0 Å². The van der Waals surface area contributed by atoms with Crippen molar-refractivity contribution in [1.82, 2.24) is 9.55 Å². The van der Waals surface area contributed by atoms with Crippen LogP contribution in [0.5, 0.6) is 0 Å². The van der Waals surface area contributed by atoms with Gasteiger partial charge in [0.2, 0.25) is 5.95 Å². The van der Waals surface area contributed by atoms with E-state index in [0.717, 1.165) is 21.2 Å². The lowest BCUT2D eigenvalue weighted by atomic mass is 10.2. The third-order valence-corrected chi connectivity index (χ3v) is 4.07. The maximum absolute atomic E-state index is 13.6. The molecule has 0 bridgehead atoms. The maximum Gasteiger partial charge on any atom is 0.205 e. The lowest BCUT2D eigenvalue weighted by molar-refractivity contribution is 0.623. The molecule has 0 atom stereocenters. The number of nitrogens with zero attached hydrogens (tertiary/aromatic N) is 2. The molecule has 1 aromatic heterocycles. The van der Waals surface area contributed by atoms with Gasteiger partial charge in [-0.2, -0.15) is 0 Å². The number of hydrogen-bond acceptors (Lipinski definition) is 2. The number of fused-ring (bicyclic) bond motifs is 1.